The van der Waals surface area contributed by atoms with E-state index in [-0.39, 0.29) is 0 Å². The van der Waals surface area contributed by atoms with Crippen molar-refractivity contribution in [3.05, 3.63) is 11.3 Å². The van der Waals surface area contributed by atoms with Crippen LogP contribution in [0.15, 0.2) is 0 Å². The number of hydrogen-bond acceptors (Lipinski definition) is 6. The van der Waals surface area contributed by atoms with Gasteiger partial charge in [-0.3, -0.25) is 0 Å². The first-order valence-electron chi connectivity index (χ1n) is 7.74. The van der Waals surface area contributed by atoms with Crippen molar-refractivity contribution in [3.8, 4) is 0 Å². The molecule has 1 saturated heterocycles. The van der Waals surface area contributed by atoms with Gasteiger partial charge in [0.2, 0.25) is 5.95 Å². The van der Waals surface area contributed by atoms with E-state index in [2.05, 4.69) is 14.9 Å². The van der Waals surface area contributed by atoms with E-state index >= 15 is 0 Å². The van der Waals surface area contributed by atoms with Crippen molar-refractivity contribution in [1.29, 1.82) is 0 Å². The zero-order valence-electron chi connectivity index (χ0n) is 13.0. The molecular weight excluding hydrogens is 266 g/mol. The number of β-amino-alcohol motifs (C(OH)–C–C–N with tert-alkyl or cyclic N) is 1. The fraction of sp³-hybridized carbons (Fsp3) is 0.733. The van der Waals surface area contributed by atoms with E-state index in [1.807, 2.05) is 19.0 Å². The molecule has 2 heterocycles. The molecule has 0 saturated carbocycles. The second kappa shape index (κ2) is 5.42. The molecule has 0 radical (unpaired) electrons. The molecule has 1 aromatic rings. The number of anilines is 2. The number of nitrogens with two attached hydrogens (primary N) is 1. The first kappa shape index (κ1) is 14.5. The number of likely N-dealkylation sites (N-methyl/N-ethyl adjacent to an activating group) is 1. The van der Waals surface area contributed by atoms with E-state index < -0.39 is 5.60 Å². The van der Waals surface area contributed by atoms with Gasteiger partial charge in [0, 0.05) is 25.2 Å². The fourth-order valence-electron chi connectivity index (χ4n) is 3.61. The number of rotatable bonds is 3. The second-order valence-electron chi connectivity index (χ2n) is 6.67. The highest BCUT2D eigenvalue weighted by atomic mass is 16.3. The van der Waals surface area contributed by atoms with Crippen LogP contribution in [0.5, 0.6) is 0 Å². The summed E-state index contributed by atoms with van der Waals surface area (Å²) in [6, 6.07) is 0. The van der Waals surface area contributed by atoms with Gasteiger partial charge in [-0.15, -0.1) is 0 Å². The van der Waals surface area contributed by atoms with Crippen molar-refractivity contribution >= 4 is 11.8 Å². The average Bonchev–Trinajstić information content (AvgIpc) is 2.78. The lowest BCUT2D eigenvalue weighted by atomic mass is 9.96. The Morgan fingerprint density at radius 3 is 2.81 bits per heavy atom. The van der Waals surface area contributed by atoms with Crippen LogP contribution in [-0.4, -0.2) is 59.3 Å². The van der Waals surface area contributed by atoms with Crippen molar-refractivity contribution in [2.24, 2.45) is 0 Å². The summed E-state index contributed by atoms with van der Waals surface area (Å²) < 4.78 is 0. The molecule has 1 atom stereocenters. The Morgan fingerprint density at radius 1 is 1.29 bits per heavy atom. The van der Waals surface area contributed by atoms with E-state index in [0.29, 0.717) is 19.0 Å². The lowest BCUT2D eigenvalue weighted by molar-refractivity contribution is 0.0365. The second-order valence-corrected chi connectivity index (χ2v) is 6.67. The Kier molecular flexibility index (Phi) is 3.75. The number of aliphatic hydroxyl groups is 1. The van der Waals surface area contributed by atoms with E-state index in [0.717, 1.165) is 37.3 Å². The first-order valence-corrected chi connectivity index (χ1v) is 7.74. The maximum Gasteiger partial charge on any atom is 0.222 e. The van der Waals surface area contributed by atoms with Gasteiger partial charge in [-0.05, 0) is 46.2 Å². The third-order valence-corrected chi connectivity index (χ3v) is 4.42. The molecule has 1 aliphatic carbocycles. The molecule has 2 aliphatic rings. The van der Waals surface area contributed by atoms with Crippen LogP contribution in [0.4, 0.5) is 11.8 Å². The van der Waals surface area contributed by atoms with Gasteiger partial charge in [0.1, 0.15) is 5.82 Å². The molecular formula is C15H25N5O. The predicted octanol–water partition coefficient (Wildman–Crippen LogP) is 0.440. The Labute approximate surface area is 126 Å². The van der Waals surface area contributed by atoms with Gasteiger partial charge in [-0.25, -0.2) is 4.98 Å². The molecule has 6 heteroatoms. The molecule has 3 rings (SSSR count). The zero-order chi connectivity index (χ0) is 15.0. The molecule has 1 aromatic heterocycles. The van der Waals surface area contributed by atoms with Crippen LogP contribution < -0.4 is 10.6 Å². The van der Waals surface area contributed by atoms with E-state index in [1.54, 1.807) is 0 Å². The smallest absolute Gasteiger partial charge is 0.222 e. The van der Waals surface area contributed by atoms with Crippen LogP contribution in [0.3, 0.4) is 0 Å². The summed E-state index contributed by atoms with van der Waals surface area (Å²) in [5, 5.41) is 10.7. The van der Waals surface area contributed by atoms with Gasteiger partial charge in [0.05, 0.1) is 11.3 Å². The van der Waals surface area contributed by atoms with Crippen molar-refractivity contribution in [2.75, 3.05) is 44.4 Å². The van der Waals surface area contributed by atoms with E-state index in [4.69, 9.17) is 5.73 Å². The summed E-state index contributed by atoms with van der Waals surface area (Å²) in [7, 11) is 3.98. The molecule has 0 bridgehead atoms. The van der Waals surface area contributed by atoms with Gasteiger partial charge in [-0.1, -0.05) is 0 Å². The normalized spacial score (nSPS) is 25.4. The minimum atomic E-state index is -0.662. The van der Waals surface area contributed by atoms with Crippen molar-refractivity contribution in [1.82, 2.24) is 14.9 Å². The highest BCUT2D eigenvalue weighted by molar-refractivity contribution is 5.54. The highest BCUT2D eigenvalue weighted by Gasteiger charge is 2.38. The number of nitrogens with zero attached hydrogens (tertiary/aromatic N) is 4. The number of nitrogen functional groups attached to an aromatic ring is 1. The van der Waals surface area contributed by atoms with Crippen molar-refractivity contribution in [3.63, 3.8) is 0 Å². The number of aryl methyl sites for hydroxylation is 1. The maximum atomic E-state index is 10.7. The number of hydrogen-bond donors (Lipinski definition) is 2. The lowest BCUT2D eigenvalue weighted by Gasteiger charge is -2.28. The summed E-state index contributed by atoms with van der Waals surface area (Å²) in [6.07, 6.45) is 5.14. The summed E-state index contributed by atoms with van der Waals surface area (Å²) in [6.45, 7) is 2.12. The molecule has 1 fully saturated rings. The molecule has 3 N–H and O–H groups in total. The van der Waals surface area contributed by atoms with Crippen LogP contribution >= 0.6 is 0 Å². The molecule has 0 amide bonds. The van der Waals surface area contributed by atoms with E-state index in [9.17, 15) is 5.11 Å². The Bertz CT molecular complexity index is 533. The lowest BCUT2D eigenvalue weighted by Crippen LogP contribution is -2.42. The average molecular weight is 291 g/mol. The molecule has 0 aromatic carbocycles. The Morgan fingerprint density at radius 2 is 2.05 bits per heavy atom. The highest BCUT2D eigenvalue weighted by Crippen LogP contribution is 2.33. The van der Waals surface area contributed by atoms with Gasteiger partial charge >= 0.3 is 0 Å². The van der Waals surface area contributed by atoms with Crippen molar-refractivity contribution in [2.45, 2.75) is 37.7 Å². The fourth-order valence-corrected chi connectivity index (χ4v) is 3.61. The molecule has 0 unspecified atom stereocenters. The standard InChI is InChI=1S/C15H25N5O/c1-19(2)9-15(21)7-8-20(10-15)13-11-5-3-4-6-12(11)17-14(16)18-13/h21H,3-10H2,1-2H3,(H2,16,17,18)/t15-/m0/s1. The summed E-state index contributed by atoms with van der Waals surface area (Å²) in [4.78, 5) is 13.1. The minimum Gasteiger partial charge on any atom is -0.387 e. The third-order valence-electron chi connectivity index (χ3n) is 4.42. The quantitative estimate of drug-likeness (QED) is 0.841. The summed E-state index contributed by atoms with van der Waals surface area (Å²) >= 11 is 0. The summed E-state index contributed by atoms with van der Waals surface area (Å²) in [5.74, 6) is 1.31. The Balaban J connectivity index is 1.86. The SMILES string of the molecule is CN(C)C[C@@]1(O)CCN(c2nc(N)nc3c2CCCC3)C1. The van der Waals surface area contributed by atoms with Crippen LogP contribution in [0, 0.1) is 0 Å². The minimum absolute atomic E-state index is 0.355. The van der Waals surface area contributed by atoms with Gasteiger partial charge < -0.3 is 20.6 Å². The van der Waals surface area contributed by atoms with Crippen LogP contribution in [0.2, 0.25) is 0 Å². The number of fused-ring (bicyclic) bond motifs is 1. The molecule has 21 heavy (non-hydrogen) atoms. The monoisotopic (exact) mass is 291 g/mol. The number of aromatic nitrogens is 2. The first-order chi connectivity index (χ1) is 9.97. The zero-order valence-corrected chi connectivity index (χ0v) is 13.0. The molecule has 0 spiro atoms. The van der Waals surface area contributed by atoms with Crippen LogP contribution in [0.25, 0.3) is 0 Å². The maximum absolute atomic E-state index is 10.7. The van der Waals surface area contributed by atoms with Gasteiger partial charge in [0.15, 0.2) is 0 Å². The van der Waals surface area contributed by atoms with Gasteiger partial charge in [-0.2, -0.15) is 4.98 Å². The van der Waals surface area contributed by atoms with Crippen LogP contribution in [-0.2, 0) is 12.8 Å². The van der Waals surface area contributed by atoms with Crippen LogP contribution in [0.1, 0.15) is 30.5 Å². The predicted molar refractivity (Wildman–Crippen MR) is 83.4 cm³/mol. The summed E-state index contributed by atoms with van der Waals surface area (Å²) in [5.41, 5.74) is 7.56. The Hall–Kier alpha value is -1.40. The van der Waals surface area contributed by atoms with Gasteiger partial charge in [0.25, 0.3) is 0 Å². The third kappa shape index (κ3) is 2.96. The molecule has 116 valence electrons. The topological polar surface area (TPSA) is 78.5 Å². The van der Waals surface area contributed by atoms with E-state index in [1.165, 1.54) is 18.4 Å². The molecule has 1 aliphatic heterocycles. The van der Waals surface area contributed by atoms with Crippen molar-refractivity contribution < 1.29 is 5.11 Å². The molecule has 6 nitrogen and oxygen atoms in total. The largest absolute Gasteiger partial charge is 0.387 e.